The summed E-state index contributed by atoms with van der Waals surface area (Å²) >= 11 is 0. The lowest BCUT2D eigenvalue weighted by atomic mass is 10.1. The van der Waals surface area contributed by atoms with Gasteiger partial charge in [0.1, 0.15) is 11.6 Å². The summed E-state index contributed by atoms with van der Waals surface area (Å²) in [6, 6.07) is 3.39. The molecule has 3 rings (SSSR count). The Balaban J connectivity index is 1.79. The van der Waals surface area contributed by atoms with Crippen LogP contribution < -0.4 is 0 Å². The zero-order valence-corrected chi connectivity index (χ0v) is 13.3. The number of sulfone groups is 1. The second-order valence-corrected chi connectivity index (χ2v) is 7.50. The molecule has 0 radical (unpaired) electrons. The van der Waals surface area contributed by atoms with Gasteiger partial charge in [0.15, 0.2) is 0 Å². The number of halogens is 2. The summed E-state index contributed by atoms with van der Waals surface area (Å²) in [5.74, 6) is -0.916. The van der Waals surface area contributed by atoms with E-state index in [0.717, 1.165) is 24.0 Å². The Labute approximate surface area is 132 Å². The second-order valence-electron chi connectivity index (χ2n) is 5.59. The fourth-order valence-corrected chi connectivity index (χ4v) is 3.10. The largest absolute Gasteiger partial charge is 0.294 e. The molecule has 122 valence electrons. The predicted molar refractivity (Wildman–Crippen MR) is 79.3 cm³/mol. The van der Waals surface area contributed by atoms with E-state index in [-0.39, 0.29) is 11.7 Å². The molecule has 8 heteroatoms. The summed E-state index contributed by atoms with van der Waals surface area (Å²) in [5.41, 5.74) is 1.79. The standard InChI is InChI=1S/C15H15F2N3O2S/c1-23(21,22)15-18-7-11-9-20(5-4-14(11)19-15)8-10-6-12(16)2-3-13(10)17/h2-3,6-7H,4-5,8-9H2,1H3. The van der Waals surface area contributed by atoms with Crippen LogP contribution >= 0.6 is 0 Å². The van der Waals surface area contributed by atoms with E-state index < -0.39 is 21.5 Å². The number of nitrogens with zero attached hydrogens (tertiary/aromatic N) is 3. The lowest BCUT2D eigenvalue weighted by Gasteiger charge is -2.28. The first-order valence-corrected chi connectivity index (χ1v) is 8.93. The quantitative estimate of drug-likeness (QED) is 0.797. The molecule has 0 saturated carbocycles. The molecule has 0 fully saturated rings. The minimum Gasteiger partial charge on any atom is -0.294 e. The Bertz CT molecular complexity index is 856. The smallest absolute Gasteiger partial charge is 0.246 e. The first-order chi connectivity index (χ1) is 10.8. The van der Waals surface area contributed by atoms with Crippen molar-refractivity contribution >= 4 is 9.84 Å². The summed E-state index contributed by atoms with van der Waals surface area (Å²) in [5, 5.41) is -0.180. The van der Waals surface area contributed by atoms with Crippen molar-refractivity contribution in [3.8, 4) is 0 Å². The van der Waals surface area contributed by atoms with E-state index in [0.29, 0.717) is 30.8 Å². The average Bonchev–Trinajstić information content (AvgIpc) is 2.49. The van der Waals surface area contributed by atoms with Crippen molar-refractivity contribution in [3.05, 3.63) is 52.9 Å². The minimum atomic E-state index is -3.44. The molecule has 0 bridgehead atoms. The molecule has 1 aromatic carbocycles. The molecule has 0 unspecified atom stereocenters. The van der Waals surface area contributed by atoms with E-state index in [2.05, 4.69) is 9.97 Å². The molecular formula is C15H15F2N3O2S. The van der Waals surface area contributed by atoms with Crippen LogP contribution in [0, 0.1) is 11.6 Å². The third-order valence-corrected chi connectivity index (χ3v) is 4.58. The van der Waals surface area contributed by atoms with Gasteiger partial charge < -0.3 is 0 Å². The number of rotatable bonds is 3. The monoisotopic (exact) mass is 339 g/mol. The highest BCUT2D eigenvalue weighted by Gasteiger charge is 2.21. The number of benzene rings is 1. The Morgan fingerprint density at radius 3 is 2.83 bits per heavy atom. The SMILES string of the molecule is CS(=O)(=O)c1ncc2c(n1)CCN(Cc1cc(F)ccc1F)C2. The van der Waals surface area contributed by atoms with Gasteiger partial charge in [0.05, 0.1) is 5.69 Å². The molecule has 23 heavy (non-hydrogen) atoms. The third kappa shape index (κ3) is 3.53. The van der Waals surface area contributed by atoms with Gasteiger partial charge in [0, 0.05) is 49.6 Å². The molecule has 1 aliphatic heterocycles. The van der Waals surface area contributed by atoms with Gasteiger partial charge >= 0.3 is 0 Å². The maximum Gasteiger partial charge on any atom is 0.246 e. The highest BCUT2D eigenvalue weighted by Crippen LogP contribution is 2.21. The first-order valence-electron chi connectivity index (χ1n) is 7.04. The topological polar surface area (TPSA) is 63.2 Å². The predicted octanol–water partition coefficient (Wildman–Crippen LogP) is 1.72. The Morgan fingerprint density at radius 1 is 1.30 bits per heavy atom. The minimum absolute atomic E-state index is 0.180. The Kier molecular flexibility index (Phi) is 4.11. The Morgan fingerprint density at radius 2 is 2.09 bits per heavy atom. The van der Waals surface area contributed by atoms with Crippen LogP contribution in [0.2, 0.25) is 0 Å². The van der Waals surface area contributed by atoms with Gasteiger partial charge in [0.2, 0.25) is 15.0 Å². The molecule has 1 aliphatic rings. The molecule has 1 aromatic heterocycles. The van der Waals surface area contributed by atoms with Crippen molar-refractivity contribution in [2.45, 2.75) is 24.7 Å². The van der Waals surface area contributed by atoms with Crippen LogP contribution in [0.1, 0.15) is 16.8 Å². The van der Waals surface area contributed by atoms with E-state index >= 15 is 0 Å². The molecule has 0 atom stereocenters. The van der Waals surface area contributed by atoms with Crippen molar-refractivity contribution in [1.29, 1.82) is 0 Å². The summed E-state index contributed by atoms with van der Waals surface area (Å²) in [6.45, 7) is 1.33. The molecule has 0 amide bonds. The van der Waals surface area contributed by atoms with E-state index in [1.165, 1.54) is 12.3 Å². The molecule has 0 spiro atoms. The summed E-state index contributed by atoms with van der Waals surface area (Å²) < 4.78 is 49.9. The maximum atomic E-state index is 13.7. The van der Waals surface area contributed by atoms with Crippen molar-refractivity contribution in [1.82, 2.24) is 14.9 Å². The molecule has 2 aromatic rings. The van der Waals surface area contributed by atoms with Crippen molar-refractivity contribution in [2.24, 2.45) is 0 Å². The lowest BCUT2D eigenvalue weighted by molar-refractivity contribution is 0.238. The first kappa shape index (κ1) is 15.9. The van der Waals surface area contributed by atoms with Crippen LogP contribution in [-0.4, -0.2) is 36.1 Å². The van der Waals surface area contributed by atoms with Crippen molar-refractivity contribution in [2.75, 3.05) is 12.8 Å². The summed E-state index contributed by atoms with van der Waals surface area (Å²) in [4.78, 5) is 9.92. The van der Waals surface area contributed by atoms with Crippen LogP contribution in [0.3, 0.4) is 0 Å². The van der Waals surface area contributed by atoms with Gasteiger partial charge in [-0.05, 0) is 18.2 Å². The third-order valence-electron chi connectivity index (χ3n) is 3.72. The lowest BCUT2D eigenvalue weighted by Crippen LogP contribution is -2.31. The number of aromatic nitrogens is 2. The van der Waals surface area contributed by atoms with Crippen LogP contribution in [0.15, 0.2) is 29.6 Å². The van der Waals surface area contributed by atoms with Crippen molar-refractivity contribution in [3.63, 3.8) is 0 Å². The van der Waals surface area contributed by atoms with E-state index in [1.807, 2.05) is 4.90 Å². The van der Waals surface area contributed by atoms with Gasteiger partial charge in [-0.3, -0.25) is 4.90 Å². The highest BCUT2D eigenvalue weighted by molar-refractivity contribution is 7.90. The fraction of sp³-hybridized carbons (Fsp3) is 0.333. The molecule has 0 saturated heterocycles. The zero-order valence-electron chi connectivity index (χ0n) is 12.5. The second kappa shape index (κ2) is 5.93. The summed E-state index contributed by atoms with van der Waals surface area (Å²) in [7, 11) is -3.44. The molecule has 2 heterocycles. The molecule has 0 N–H and O–H groups in total. The Hall–Kier alpha value is -1.93. The molecular weight excluding hydrogens is 324 g/mol. The normalized spacial score (nSPS) is 15.4. The molecule has 0 aliphatic carbocycles. The van der Waals surface area contributed by atoms with Crippen LogP contribution in [0.4, 0.5) is 8.78 Å². The van der Waals surface area contributed by atoms with Crippen LogP contribution in [0.5, 0.6) is 0 Å². The van der Waals surface area contributed by atoms with Gasteiger partial charge in [-0.25, -0.2) is 27.2 Å². The maximum absolute atomic E-state index is 13.7. The van der Waals surface area contributed by atoms with Gasteiger partial charge in [-0.15, -0.1) is 0 Å². The van der Waals surface area contributed by atoms with E-state index in [9.17, 15) is 17.2 Å². The van der Waals surface area contributed by atoms with E-state index in [1.54, 1.807) is 0 Å². The number of fused-ring (bicyclic) bond motifs is 1. The van der Waals surface area contributed by atoms with Crippen LogP contribution in [0.25, 0.3) is 0 Å². The van der Waals surface area contributed by atoms with Gasteiger partial charge in [0.25, 0.3) is 0 Å². The number of hydrogen-bond donors (Lipinski definition) is 0. The average molecular weight is 339 g/mol. The van der Waals surface area contributed by atoms with Gasteiger partial charge in [-0.1, -0.05) is 0 Å². The van der Waals surface area contributed by atoms with Crippen molar-refractivity contribution < 1.29 is 17.2 Å². The highest BCUT2D eigenvalue weighted by atomic mass is 32.2. The molecule has 5 nitrogen and oxygen atoms in total. The van der Waals surface area contributed by atoms with E-state index in [4.69, 9.17) is 0 Å². The summed E-state index contributed by atoms with van der Waals surface area (Å²) in [6.07, 6.45) is 3.10. The van der Waals surface area contributed by atoms with Gasteiger partial charge in [-0.2, -0.15) is 0 Å². The zero-order chi connectivity index (χ0) is 16.6. The number of hydrogen-bond acceptors (Lipinski definition) is 5. The van der Waals surface area contributed by atoms with Crippen LogP contribution in [-0.2, 0) is 29.3 Å². The fourth-order valence-electron chi connectivity index (χ4n) is 2.58.